The molecule has 0 bridgehead atoms. The van der Waals surface area contributed by atoms with Crippen LogP contribution in [0.4, 0.5) is 0 Å². The Kier molecular flexibility index (Phi) is 7.18. The molecular formula is C14H18BrNO5S. The Morgan fingerprint density at radius 3 is 2.45 bits per heavy atom. The molecule has 0 radical (unpaired) electrons. The third-order valence-corrected chi connectivity index (χ3v) is 4.89. The van der Waals surface area contributed by atoms with Crippen molar-refractivity contribution in [2.75, 3.05) is 12.3 Å². The third kappa shape index (κ3) is 6.25. The van der Waals surface area contributed by atoms with Crippen LogP contribution >= 0.6 is 15.9 Å². The molecule has 8 heteroatoms. The molecule has 2 unspecified atom stereocenters. The van der Waals surface area contributed by atoms with Crippen LogP contribution in [0, 0.1) is 0 Å². The maximum atomic E-state index is 12.0. The summed E-state index contributed by atoms with van der Waals surface area (Å²) in [6.07, 6.45) is 0.529. The molecule has 22 heavy (non-hydrogen) atoms. The van der Waals surface area contributed by atoms with E-state index in [9.17, 15) is 18.9 Å². The number of hydrogen-bond acceptors (Lipinski definition) is 4. The molecule has 0 aliphatic rings. The molecule has 3 N–H and O–H groups in total. The van der Waals surface area contributed by atoms with E-state index in [0.29, 0.717) is 17.1 Å². The summed E-state index contributed by atoms with van der Waals surface area (Å²) < 4.78 is 12.9. The number of carboxylic acid groups (broad SMARTS) is 1. The van der Waals surface area contributed by atoms with Gasteiger partial charge in [-0.2, -0.15) is 0 Å². The second-order valence-electron chi connectivity index (χ2n) is 4.96. The van der Waals surface area contributed by atoms with Crippen LogP contribution in [0.1, 0.15) is 19.8 Å². The first-order valence-corrected chi connectivity index (χ1v) is 8.70. The highest BCUT2D eigenvalue weighted by atomic mass is 79.9. The van der Waals surface area contributed by atoms with Crippen molar-refractivity contribution >= 4 is 38.6 Å². The fourth-order valence-electron chi connectivity index (χ4n) is 1.50. The first-order valence-electron chi connectivity index (χ1n) is 6.59. The predicted molar refractivity (Wildman–Crippen MR) is 85.9 cm³/mol. The number of carbonyl (C=O) groups is 2. The summed E-state index contributed by atoms with van der Waals surface area (Å²) >= 11 is 3.30. The van der Waals surface area contributed by atoms with Crippen molar-refractivity contribution < 1.29 is 24.0 Å². The summed E-state index contributed by atoms with van der Waals surface area (Å²) in [5.74, 6) is -1.44. The Balaban J connectivity index is 2.32. The average molecular weight is 392 g/mol. The monoisotopic (exact) mass is 391 g/mol. The molecule has 1 rings (SSSR count). The van der Waals surface area contributed by atoms with E-state index in [1.807, 2.05) is 0 Å². The highest BCUT2D eigenvalue weighted by Crippen LogP contribution is 2.14. The number of halogens is 1. The van der Waals surface area contributed by atoms with E-state index < -0.39 is 22.4 Å². The molecule has 0 heterocycles. The van der Waals surface area contributed by atoms with E-state index in [1.54, 1.807) is 24.3 Å². The summed E-state index contributed by atoms with van der Waals surface area (Å²) in [5.41, 5.74) is -1.99. The van der Waals surface area contributed by atoms with E-state index in [2.05, 4.69) is 21.2 Å². The summed E-state index contributed by atoms with van der Waals surface area (Å²) in [4.78, 5) is 22.9. The van der Waals surface area contributed by atoms with Gasteiger partial charge in [0, 0.05) is 21.5 Å². The number of amides is 1. The number of aliphatic carboxylic acids is 1. The van der Waals surface area contributed by atoms with E-state index in [0.717, 1.165) is 11.4 Å². The van der Waals surface area contributed by atoms with Crippen molar-refractivity contribution in [1.29, 1.82) is 0 Å². The number of nitrogens with one attached hydrogen (secondary N) is 1. The maximum Gasteiger partial charge on any atom is 0.337 e. The lowest BCUT2D eigenvalue weighted by Gasteiger charge is -2.18. The first kappa shape index (κ1) is 18.8. The topological polar surface area (TPSA) is 104 Å². The zero-order valence-electron chi connectivity index (χ0n) is 12.0. The number of hydrogen-bond donors (Lipinski definition) is 3. The van der Waals surface area contributed by atoms with Crippen molar-refractivity contribution in [3.05, 3.63) is 28.7 Å². The molecule has 1 amide bonds. The van der Waals surface area contributed by atoms with Crippen molar-refractivity contribution in [3.8, 4) is 0 Å². The van der Waals surface area contributed by atoms with E-state index in [4.69, 9.17) is 5.11 Å². The van der Waals surface area contributed by atoms with Gasteiger partial charge in [0.15, 0.2) is 5.60 Å². The van der Waals surface area contributed by atoms with Crippen LogP contribution in [0.25, 0.3) is 0 Å². The van der Waals surface area contributed by atoms with Gasteiger partial charge in [-0.05, 0) is 37.6 Å². The molecule has 0 fully saturated rings. The van der Waals surface area contributed by atoms with E-state index in [1.165, 1.54) is 0 Å². The van der Waals surface area contributed by atoms with Crippen molar-refractivity contribution in [1.82, 2.24) is 5.32 Å². The van der Waals surface area contributed by atoms with Gasteiger partial charge in [-0.1, -0.05) is 15.9 Å². The van der Waals surface area contributed by atoms with Gasteiger partial charge in [-0.15, -0.1) is 0 Å². The normalized spacial score (nSPS) is 14.9. The van der Waals surface area contributed by atoms with Gasteiger partial charge in [0.1, 0.15) is 0 Å². The Morgan fingerprint density at radius 1 is 1.32 bits per heavy atom. The minimum Gasteiger partial charge on any atom is -0.479 e. The Labute approximate surface area is 139 Å². The largest absolute Gasteiger partial charge is 0.479 e. The van der Waals surface area contributed by atoms with Gasteiger partial charge in [-0.25, -0.2) is 4.79 Å². The van der Waals surface area contributed by atoms with Crippen LogP contribution in [0.15, 0.2) is 33.6 Å². The lowest BCUT2D eigenvalue weighted by atomic mass is 10.1. The smallest absolute Gasteiger partial charge is 0.337 e. The Bertz CT molecular complexity index is 559. The van der Waals surface area contributed by atoms with Crippen molar-refractivity contribution in [2.24, 2.45) is 0 Å². The van der Waals surface area contributed by atoms with Crippen molar-refractivity contribution in [2.45, 2.75) is 30.3 Å². The maximum absolute atomic E-state index is 12.0. The molecule has 122 valence electrons. The average Bonchev–Trinajstić information content (AvgIpc) is 2.45. The number of carbonyl (C=O) groups excluding carboxylic acids is 1. The molecule has 0 aromatic heterocycles. The van der Waals surface area contributed by atoms with Crippen LogP contribution in [0.5, 0.6) is 0 Å². The van der Waals surface area contributed by atoms with Gasteiger partial charge in [0.05, 0.1) is 17.3 Å². The molecule has 6 nitrogen and oxygen atoms in total. The quantitative estimate of drug-likeness (QED) is 0.619. The number of aliphatic hydroxyl groups is 1. The number of benzene rings is 1. The molecule has 1 aromatic rings. The summed E-state index contributed by atoms with van der Waals surface area (Å²) in [6, 6.07) is 7.11. The summed E-state index contributed by atoms with van der Waals surface area (Å²) in [5, 5.41) is 20.5. The molecule has 0 saturated carbocycles. The minimum atomic E-state index is -1.99. The zero-order valence-corrected chi connectivity index (χ0v) is 14.4. The number of carboxylic acids is 1. The molecule has 2 atom stereocenters. The first-order chi connectivity index (χ1) is 10.2. The second kappa shape index (κ2) is 8.40. The molecule has 0 spiro atoms. The van der Waals surface area contributed by atoms with Gasteiger partial charge in [0.25, 0.3) is 0 Å². The fraction of sp³-hybridized carbons (Fsp3) is 0.429. The van der Waals surface area contributed by atoms with E-state index in [-0.39, 0.29) is 18.9 Å². The predicted octanol–water partition coefficient (Wildman–Crippen LogP) is 1.29. The van der Waals surface area contributed by atoms with Crippen LogP contribution < -0.4 is 5.32 Å². The molecule has 0 saturated heterocycles. The molecular weight excluding hydrogens is 374 g/mol. The summed E-state index contributed by atoms with van der Waals surface area (Å²) in [7, 11) is -1.18. The van der Waals surface area contributed by atoms with Crippen molar-refractivity contribution in [3.63, 3.8) is 0 Å². The fourth-order valence-corrected chi connectivity index (χ4v) is 2.85. The Morgan fingerprint density at radius 2 is 1.91 bits per heavy atom. The standard InChI is InChI=1S/C14H18BrNO5S/c1-14(20,13(18)19)9-16-12(17)3-2-8-22(21)11-6-4-10(15)5-7-11/h4-7,20H,2-3,8-9H2,1H3,(H,16,17)(H,18,19). The van der Waals surface area contributed by atoms with Gasteiger partial charge < -0.3 is 15.5 Å². The second-order valence-corrected chi connectivity index (χ2v) is 7.45. The lowest BCUT2D eigenvalue weighted by Crippen LogP contribution is -2.46. The van der Waals surface area contributed by atoms with Gasteiger partial charge >= 0.3 is 5.97 Å². The van der Waals surface area contributed by atoms with Crippen LogP contribution in [-0.2, 0) is 20.4 Å². The SMILES string of the molecule is CC(O)(CNC(=O)CCCS(=O)c1ccc(Br)cc1)C(=O)O. The molecule has 0 aliphatic carbocycles. The Hall–Kier alpha value is -1.25. The number of rotatable bonds is 8. The minimum absolute atomic E-state index is 0.123. The zero-order chi connectivity index (χ0) is 16.8. The molecule has 0 aliphatic heterocycles. The van der Waals surface area contributed by atoms with Crippen LogP contribution in [0.2, 0.25) is 0 Å². The highest BCUT2D eigenvalue weighted by Gasteiger charge is 2.30. The van der Waals surface area contributed by atoms with E-state index >= 15 is 0 Å². The van der Waals surface area contributed by atoms with Crippen LogP contribution in [0.3, 0.4) is 0 Å². The van der Waals surface area contributed by atoms with Crippen LogP contribution in [-0.4, -0.2) is 44.2 Å². The molecule has 1 aromatic carbocycles. The highest BCUT2D eigenvalue weighted by molar-refractivity contribution is 9.10. The van der Waals surface area contributed by atoms with Gasteiger partial charge in [-0.3, -0.25) is 9.00 Å². The summed E-state index contributed by atoms with van der Waals surface area (Å²) in [6.45, 7) is 0.745. The third-order valence-electron chi connectivity index (χ3n) is 2.90. The lowest BCUT2D eigenvalue weighted by molar-refractivity contribution is -0.156. The van der Waals surface area contributed by atoms with Gasteiger partial charge in [0.2, 0.25) is 5.91 Å².